The number of nitrogens with zero attached hydrogens (tertiary/aromatic N) is 5. The zero-order chi connectivity index (χ0) is 25.4. The summed E-state index contributed by atoms with van der Waals surface area (Å²) in [4.78, 5) is 14.3. The standard InChI is InChI=1S/C30H19N5O3.Pt/c1-35(23-11-5-4-10-22(23)34-21-9-3-2-8-20(21)32-30(34)35)26-14-7-15-27(33-26)37-18-16-19-28-24(36)12-6-13-25(28)38-29(19)31-17-18;/h2-15,17,36H,1H3;. The number of fused-ring (bicyclic) bond motifs is 8. The van der Waals surface area contributed by atoms with Crippen LogP contribution < -0.4 is 9.22 Å². The molecule has 0 bridgehead atoms. The second-order valence-corrected chi connectivity index (χ2v) is 9.35. The minimum Gasteiger partial charge on any atom is -0.517 e. The molecule has 4 aromatic heterocycles. The summed E-state index contributed by atoms with van der Waals surface area (Å²) in [6.07, 6.45) is 1.54. The fourth-order valence-electron chi connectivity index (χ4n) is 5.39. The van der Waals surface area contributed by atoms with Gasteiger partial charge in [0.1, 0.15) is 11.4 Å². The summed E-state index contributed by atoms with van der Waals surface area (Å²) in [7, 11) is 2.09. The smallest absolute Gasteiger partial charge is 0.326 e. The summed E-state index contributed by atoms with van der Waals surface area (Å²) >= 11 is 0. The van der Waals surface area contributed by atoms with Gasteiger partial charge in [-0.2, -0.15) is 14.5 Å². The fourth-order valence-corrected chi connectivity index (χ4v) is 5.39. The first kappa shape index (κ1) is 23.6. The normalized spacial score (nSPS) is 15.8. The molecular formula is C30H19N5O3Pt. The summed E-state index contributed by atoms with van der Waals surface area (Å²) in [5.74, 6) is 2.47. The average molecular weight is 693 g/mol. The number of quaternary nitrogens is 1. The third-order valence-electron chi connectivity index (χ3n) is 7.15. The Morgan fingerprint density at radius 3 is 2.67 bits per heavy atom. The number of hydrogen-bond donors (Lipinski definition) is 1. The van der Waals surface area contributed by atoms with Gasteiger partial charge in [-0.25, -0.2) is 4.57 Å². The minimum atomic E-state index is 0. The van der Waals surface area contributed by atoms with E-state index in [9.17, 15) is 5.11 Å². The van der Waals surface area contributed by atoms with Gasteiger partial charge in [0.2, 0.25) is 11.7 Å². The van der Waals surface area contributed by atoms with Crippen LogP contribution in [0.15, 0.2) is 95.5 Å². The average Bonchev–Trinajstić information content (AvgIpc) is 3.59. The molecule has 1 atom stereocenters. The maximum Gasteiger partial charge on any atom is 0.326 e. The number of para-hydroxylation sites is 4. The van der Waals surface area contributed by atoms with Crippen LogP contribution in [-0.4, -0.2) is 31.7 Å². The Bertz CT molecular complexity index is 2070. The zero-order valence-corrected chi connectivity index (χ0v) is 22.7. The van der Waals surface area contributed by atoms with Crippen LogP contribution in [0, 0.1) is 6.07 Å². The SMILES string of the molecule is C[N+]1(c2cccc(Oc3[c-]c4c(nc3)oc3cccc(O)c34)n2)c2ccccc2-n2c1nc1ccccc12.[Pt]. The van der Waals surface area contributed by atoms with Crippen molar-refractivity contribution in [3.8, 4) is 23.1 Å². The quantitative estimate of drug-likeness (QED) is 0.160. The molecule has 7 aromatic rings. The van der Waals surface area contributed by atoms with Gasteiger partial charge < -0.3 is 19.2 Å². The van der Waals surface area contributed by atoms with Crippen molar-refractivity contribution in [2.24, 2.45) is 0 Å². The molecule has 5 heterocycles. The summed E-state index contributed by atoms with van der Waals surface area (Å²) in [5.41, 5.74) is 5.03. The van der Waals surface area contributed by atoms with Gasteiger partial charge in [-0.1, -0.05) is 41.8 Å². The Balaban J connectivity index is 0.00000253. The molecule has 8 nitrogen and oxygen atoms in total. The van der Waals surface area contributed by atoms with Gasteiger partial charge in [0, 0.05) is 39.3 Å². The van der Waals surface area contributed by atoms with Crippen molar-refractivity contribution >= 4 is 50.6 Å². The van der Waals surface area contributed by atoms with Crippen LogP contribution in [0.1, 0.15) is 0 Å². The zero-order valence-electron chi connectivity index (χ0n) is 20.5. The van der Waals surface area contributed by atoms with Gasteiger partial charge in [-0.15, -0.1) is 0 Å². The molecule has 9 heteroatoms. The summed E-state index contributed by atoms with van der Waals surface area (Å²) in [5, 5.41) is 11.5. The number of benzene rings is 3. The molecule has 0 amide bonds. The number of aromatic hydroxyl groups is 1. The first-order chi connectivity index (χ1) is 18.6. The van der Waals surface area contributed by atoms with Crippen LogP contribution in [0.5, 0.6) is 17.4 Å². The molecular weight excluding hydrogens is 673 g/mol. The van der Waals surface area contributed by atoms with Gasteiger partial charge in [0.05, 0.1) is 35.2 Å². The van der Waals surface area contributed by atoms with E-state index >= 15 is 0 Å². The Kier molecular flexibility index (Phi) is 5.14. The van der Waals surface area contributed by atoms with Gasteiger partial charge in [0.15, 0.2) is 5.69 Å². The number of phenolic OH excluding ortho intramolecular Hbond substituents is 1. The molecule has 0 fully saturated rings. The van der Waals surface area contributed by atoms with E-state index in [1.165, 1.54) is 6.20 Å². The molecule has 1 unspecified atom stereocenters. The van der Waals surface area contributed by atoms with Gasteiger partial charge in [-0.3, -0.25) is 0 Å². The van der Waals surface area contributed by atoms with E-state index in [2.05, 4.69) is 40.9 Å². The van der Waals surface area contributed by atoms with Crippen molar-refractivity contribution in [3.05, 3.63) is 97.2 Å². The van der Waals surface area contributed by atoms with Crippen LogP contribution in [-0.2, 0) is 21.1 Å². The largest absolute Gasteiger partial charge is 0.517 e. The van der Waals surface area contributed by atoms with Crippen LogP contribution in [0.2, 0.25) is 0 Å². The number of ether oxygens (including phenoxy) is 1. The molecule has 0 spiro atoms. The number of aromatic nitrogens is 4. The summed E-state index contributed by atoms with van der Waals surface area (Å²) < 4.78 is 14.4. The Morgan fingerprint density at radius 2 is 1.74 bits per heavy atom. The van der Waals surface area contributed by atoms with Gasteiger partial charge >= 0.3 is 5.95 Å². The number of rotatable bonds is 3. The van der Waals surface area contributed by atoms with Gasteiger partial charge in [0.25, 0.3) is 0 Å². The molecule has 1 aliphatic rings. The van der Waals surface area contributed by atoms with Crippen molar-refractivity contribution in [1.29, 1.82) is 0 Å². The molecule has 39 heavy (non-hydrogen) atoms. The van der Waals surface area contributed by atoms with E-state index in [1.807, 2.05) is 42.5 Å². The fraction of sp³-hybridized carbons (Fsp3) is 0.0333. The van der Waals surface area contributed by atoms with Crippen LogP contribution >= 0.6 is 0 Å². The van der Waals surface area contributed by atoms with E-state index in [4.69, 9.17) is 19.1 Å². The minimum absolute atomic E-state index is 0. The van der Waals surface area contributed by atoms with Gasteiger partial charge in [-0.05, 0) is 48.0 Å². The van der Waals surface area contributed by atoms with Crippen LogP contribution in [0.3, 0.4) is 0 Å². The van der Waals surface area contributed by atoms with Crippen LogP contribution in [0.4, 0.5) is 17.5 Å². The Hall–Kier alpha value is -4.52. The first-order valence-electron chi connectivity index (χ1n) is 12.1. The molecule has 0 radical (unpaired) electrons. The maximum absolute atomic E-state index is 10.4. The van der Waals surface area contributed by atoms with Crippen molar-refractivity contribution < 1.29 is 35.3 Å². The summed E-state index contributed by atoms with van der Waals surface area (Å²) in [6.45, 7) is 0. The van der Waals surface area contributed by atoms with E-state index in [-0.39, 0.29) is 31.3 Å². The maximum atomic E-state index is 10.4. The number of hydrogen-bond acceptors (Lipinski definition) is 6. The van der Waals surface area contributed by atoms with Crippen molar-refractivity contribution in [1.82, 2.24) is 24.0 Å². The number of imidazole rings is 1. The molecule has 1 aliphatic heterocycles. The van der Waals surface area contributed by atoms with Crippen molar-refractivity contribution in [3.63, 3.8) is 0 Å². The molecule has 0 saturated heterocycles. The molecule has 0 aliphatic carbocycles. The third-order valence-corrected chi connectivity index (χ3v) is 7.15. The topological polar surface area (TPSA) is 86.2 Å². The molecule has 192 valence electrons. The summed E-state index contributed by atoms with van der Waals surface area (Å²) in [6, 6.07) is 30.4. The van der Waals surface area contributed by atoms with E-state index in [0.29, 0.717) is 33.7 Å². The van der Waals surface area contributed by atoms with Crippen molar-refractivity contribution in [2.45, 2.75) is 0 Å². The monoisotopic (exact) mass is 692 g/mol. The van der Waals surface area contributed by atoms with E-state index in [1.54, 1.807) is 24.3 Å². The Morgan fingerprint density at radius 1 is 0.923 bits per heavy atom. The first-order valence-corrected chi connectivity index (χ1v) is 12.1. The predicted molar refractivity (Wildman–Crippen MR) is 144 cm³/mol. The molecule has 3 aromatic carbocycles. The Labute approximate surface area is 236 Å². The van der Waals surface area contributed by atoms with E-state index in [0.717, 1.165) is 34.2 Å². The molecule has 8 rings (SSSR count). The second-order valence-electron chi connectivity index (χ2n) is 9.35. The number of pyridine rings is 2. The third kappa shape index (κ3) is 3.29. The molecule has 0 saturated carbocycles. The van der Waals surface area contributed by atoms with E-state index < -0.39 is 0 Å². The second kappa shape index (κ2) is 8.49. The predicted octanol–water partition coefficient (Wildman–Crippen LogP) is 6.92. The number of furan rings is 1. The van der Waals surface area contributed by atoms with Crippen LogP contribution in [0.25, 0.3) is 38.8 Å². The number of phenols is 1. The molecule has 1 N–H and O–H groups in total. The van der Waals surface area contributed by atoms with Crippen molar-refractivity contribution in [2.75, 3.05) is 7.05 Å².